The van der Waals surface area contributed by atoms with Gasteiger partial charge in [0, 0.05) is 0 Å². The number of aliphatic hydroxyl groups is 1. The Balaban J connectivity index is -0.000000245. The minimum Gasteiger partial charge on any atom is -1.00 e. The van der Waals surface area contributed by atoms with Crippen LogP contribution in [0.3, 0.4) is 0 Å². The third-order valence-electron chi connectivity index (χ3n) is 0.725. The predicted octanol–water partition coefficient (Wildman–Crippen LogP) is -4.10. The zero-order valence-electron chi connectivity index (χ0n) is 6.37. The molecule has 0 aliphatic heterocycles. The minimum absolute atomic E-state index is 0. The molecule has 4 N–H and O–H groups in total. The molecule has 0 unspecified atom stereocenters. The number of carbonyl (C=O) groups is 1. The van der Waals surface area contributed by atoms with Crippen LogP contribution in [0.4, 0.5) is 0 Å². The molecule has 0 aromatic carbocycles. The van der Waals surface area contributed by atoms with Gasteiger partial charge in [0.1, 0.15) is 0 Å². The molecule has 0 rings (SSSR count). The average Bonchev–Trinajstić information content (AvgIpc) is 1.67. The molecule has 5 heteroatoms. The van der Waals surface area contributed by atoms with Gasteiger partial charge in [-0.3, -0.25) is 0 Å². The van der Waals surface area contributed by atoms with Gasteiger partial charge in [0.15, 0.2) is 6.10 Å². The monoisotopic (exact) mass is 143 g/mol. The number of carboxylic acids is 1. The van der Waals surface area contributed by atoms with Gasteiger partial charge >= 0.3 is 35.5 Å². The molecule has 0 aromatic rings. The molecule has 1 atom stereocenters. The van der Waals surface area contributed by atoms with Crippen LogP contribution in [0.1, 0.15) is 7.85 Å². The summed E-state index contributed by atoms with van der Waals surface area (Å²) in [6, 6.07) is 0. The molecule has 0 heterocycles. The number of hydrogen-bond donors (Lipinski definition) is 3. The van der Waals surface area contributed by atoms with Crippen molar-refractivity contribution in [1.82, 2.24) is 0 Å². The van der Waals surface area contributed by atoms with Crippen molar-refractivity contribution in [1.29, 1.82) is 0 Å². The third kappa shape index (κ3) is 6.27. The second-order valence-electron chi connectivity index (χ2n) is 1.43. The Labute approximate surface area is 76.8 Å². The van der Waals surface area contributed by atoms with Crippen molar-refractivity contribution in [3.63, 3.8) is 0 Å². The molecular weight excluding hydrogens is 133 g/mol. The molecule has 0 fully saturated rings. The molecule has 0 spiro atoms. The van der Waals surface area contributed by atoms with Crippen LogP contribution in [0.5, 0.6) is 0 Å². The fraction of sp³-hybridized carbons (Fsp3) is 0.750. The number of rotatable bonds is 3. The van der Waals surface area contributed by atoms with Crippen LogP contribution in [0.25, 0.3) is 0 Å². The SMILES string of the molecule is NCC[C@H](O)C(=O)O.[H-].[Na+]. The Morgan fingerprint density at radius 3 is 2.33 bits per heavy atom. The van der Waals surface area contributed by atoms with Crippen molar-refractivity contribution >= 4 is 5.97 Å². The Bertz CT molecular complexity index is 92.6. The number of hydrogen-bond acceptors (Lipinski definition) is 3. The quantitative estimate of drug-likeness (QED) is 0.351. The van der Waals surface area contributed by atoms with Gasteiger partial charge in [-0.05, 0) is 13.0 Å². The second kappa shape index (κ2) is 6.51. The largest absolute Gasteiger partial charge is 1.00 e. The van der Waals surface area contributed by atoms with Crippen LogP contribution >= 0.6 is 0 Å². The van der Waals surface area contributed by atoms with Gasteiger partial charge in [-0.15, -0.1) is 0 Å². The molecule has 0 aliphatic carbocycles. The molecule has 0 amide bonds. The number of carboxylic acid groups (broad SMARTS) is 1. The van der Waals surface area contributed by atoms with E-state index in [4.69, 9.17) is 15.9 Å². The van der Waals surface area contributed by atoms with E-state index in [1.807, 2.05) is 0 Å². The predicted molar refractivity (Wildman–Crippen MR) is 28.4 cm³/mol. The average molecular weight is 143 g/mol. The van der Waals surface area contributed by atoms with Gasteiger partial charge in [0.05, 0.1) is 0 Å². The summed E-state index contributed by atoms with van der Waals surface area (Å²) >= 11 is 0. The summed E-state index contributed by atoms with van der Waals surface area (Å²) in [5.41, 5.74) is 4.94. The number of aliphatic hydroxyl groups excluding tert-OH is 1. The molecule has 50 valence electrons. The van der Waals surface area contributed by atoms with Crippen molar-refractivity contribution < 1.29 is 46.0 Å². The van der Waals surface area contributed by atoms with E-state index in [9.17, 15) is 4.79 Å². The fourth-order valence-electron chi connectivity index (χ4n) is 0.281. The molecule has 0 aromatic heterocycles. The molecule has 0 saturated heterocycles. The maximum atomic E-state index is 9.78. The molecule has 9 heavy (non-hydrogen) atoms. The van der Waals surface area contributed by atoms with Gasteiger partial charge in [-0.1, -0.05) is 0 Å². The maximum Gasteiger partial charge on any atom is 1.00 e. The van der Waals surface area contributed by atoms with E-state index in [1.54, 1.807) is 0 Å². The van der Waals surface area contributed by atoms with E-state index < -0.39 is 12.1 Å². The number of nitrogens with two attached hydrogens (primary N) is 1. The molecule has 0 aliphatic rings. The first-order valence-corrected chi connectivity index (χ1v) is 2.29. The summed E-state index contributed by atoms with van der Waals surface area (Å²) in [7, 11) is 0. The first kappa shape index (κ1) is 12.1. The third-order valence-corrected chi connectivity index (χ3v) is 0.725. The van der Waals surface area contributed by atoms with Gasteiger partial charge in [0.25, 0.3) is 0 Å². The van der Waals surface area contributed by atoms with E-state index >= 15 is 0 Å². The molecule has 0 radical (unpaired) electrons. The summed E-state index contributed by atoms with van der Waals surface area (Å²) in [4.78, 5) is 9.78. The van der Waals surface area contributed by atoms with E-state index in [-0.39, 0.29) is 43.9 Å². The van der Waals surface area contributed by atoms with Gasteiger partial charge < -0.3 is 17.4 Å². The maximum absolute atomic E-state index is 9.78. The summed E-state index contributed by atoms with van der Waals surface area (Å²) in [6.45, 7) is 0.202. The Hall–Kier alpha value is 0.390. The van der Waals surface area contributed by atoms with Crippen LogP contribution in [0, 0.1) is 0 Å². The van der Waals surface area contributed by atoms with Crippen LogP contribution in [0.2, 0.25) is 0 Å². The zero-order chi connectivity index (χ0) is 6.57. The smallest absolute Gasteiger partial charge is 1.00 e. The van der Waals surface area contributed by atoms with Gasteiger partial charge in [0.2, 0.25) is 0 Å². The van der Waals surface area contributed by atoms with E-state index in [2.05, 4.69) is 0 Å². The van der Waals surface area contributed by atoms with E-state index in [0.29, 0.717) is 0 Å². The van der Waals surface area contributed by atoms with Crippen LogP contribution in [-0.2, 0) is 4.79 Å². The molecule has 0 bridgehead atoms. The minimum atomic E-state index is -1.29. The topological polar surface area (TPSA) is 83.5 Å². The molecular formula is C4H10NNaO3. The molecule has 0 saturated carbocycles. The summed E-state index contributed by atoms with van der Waals surface area (Å²) < 4.78 is 0. The Morgan fingerprint density at radius 1 is 1.78 bits per heavy atom. The normalized spacial score (nSPS) is 11.8. The first-order valence-electron chi connectivity index (χ1n) is 2.29. The van der Waals surface area contributed by atoms with Crippen LogP contribution in [0.15, 0.2) is 0 Å². The summed E-state index contributed by atoms with van der Waals surface area (Å²) in [5, 5.41) is 16.5. The zero-order valence-corrected chi connectivity index (χ0v) is 7.37. The van der Waals surface area contributed by atoms with Crippen molar-refractivity contribution in [3.8, 4) is 0 Å². The van der Waals surface area contributed by atoms with Crippen molar-refractivity contribution in [2.24, 2.45) is 5.73 Å². The standard InChI is InChI=1S/C4H9NO3.Na.H/c5-2-1-3(6)4(7)8;;/h3,6H,1-2,5H2,(H,7,8);;/q;+1;-1/t3-;;/m0../s1. The summed E-state index contributed by atoms with van der Waals surface area (Å²) in [5.74, 6) is -1.21. The first-order chi connectivity index (χ1) is 3.68. The van der Waals surface area contributed by atoms with Gasteiger partial charge in [-0.25, -0.2) is 4.79 Å². The summed E-state index contributed by atoms with van der Waals surface area (Å²) in [6.07, 6.45) is -1.17. The van der Waals surface area contributed by atoms with Crippen molar-refractivity contribution in [3.05, 3.63) is 0 Å². The van der Waals surface area contributed by atoms with Crippen molar-refractivity contribution in [2.45, 2.75) is 12.5 Å². The van der Waals surface area contributed by atoms with Gasteiger partial charge in [-0.2, -0.15) is 0 Å². The Morgan fingerprint density at radius 2 is 2.22 bits per heavy atom. The van der Waals surface area contributed by atoms with Crippen LogP contribution < -0.4 is 35.3 Å². The molecule has 4 nitrogen and oxygen atoms in total. The fourth-order valence-corrected chi connectivity index (χ4v) is 0.281. The van der Waals surface area contributed by atoms with E-state index in [1.165, 1.54) is 0 Å². The Kier molecular flexibility index (Phi) is 8.75. The second-order valence-corrected chi connectivity index (χ2v) is 1.43. The van der Waals surface area contributed by atoms with E-state index in [0.717, 1.165) is 0 Å². The van der Waals surface area contributed by atoms with Crippen molar-refractivity contribution in [2.75, 3.05) is 6.54 Å². The van der Waals surface area contributed by atoms with Crippen LogP contribution in [-0.4, -0.2) is 28.8 Å². The number of aliphatic carboxylic acids is 1.